The van der Waals surface area contributed by atoms with Gasteiger partial charge in [0, 0.05) is 0 Å². The van der Waals surface area contributed by atoms with Gasteiger partial charge in [0.1, 0.15) is 0 Å². The number of benzene rings is 3. The number of hydrogen-bond acceptors (Lipinski definition) is 0. The summed E-state index contributed by atoms with van der Waals surface area (Å²) >= 11 is 0. The van der Waals surface area contributed by atoms with Gasteiger partial charge in [-0.05, 0) is 29.5 Å². The van der Waals surface area contributed by atoms with Gasteiger partial charge >= 0.3 is 0 Å². The molecule has 0 aliphatic heterocycles. The van der Waals surface area contributed by atoms with Gasteiger partial charge in [-0.2, -0.15) is 0 Å². The highest BCUT2D eigenvalue weighted by Gasteiger charge is 1.80. The fourth-order valence-corrected chi connectivity index (χ4v) is 2.02. The summed E-state index contributed by atoms with van der Waals surface area (Å²) in [6.07, 6.45) is 4.11. The van der Waals surface area contributed by atoms with E-state index in [0.717, 1.165) is 12.8 Å². The number of hydrogen-bond donors (Lipinski definition) is 0. The van der Waals surface area contributed by atoms with E-state index < -0.39 is 0 Å². The molecule has 0 aliphatic rings. The second kappa shape index (κ2) is 12.9. The average molecular weight is 316 g/mol. The molecule has 0 atom stereocenters. The molecular formula is C24H28. The molecule has 0 radical (unpaired) electrons. The molecule has 0 bridgehead atoms. The topological polar surface area (TPSA) is 0 Å². The zero-order chi connectivity index (χ0) is 17.5. The van der Waals surface area contributed by atoms with Crippen LogP contribution in [0.2, 0.25) is 0 Å². The van der Waals surface area contributed by atoms with Crippen molar-refractivity contribution in [2.45, 2.75) is 26.7 Å². The highest BCUT2D eigenvalue weighted by Crippen LogP contribution is 1.98. The Bertz CT molecular complexity index is 600. The molecule has 0 heteroatoms. The Morgan fingerprint density at radius 3 is 1.12 bits per heavy atom. The Hall–Kier alpha value is -2.60. The predicted octanol–water partition coefficient (Wildman–Crippen LogP) is 6.83. The molecule has 0 heterocycles. The van der Waals surface area contributed by atoms with E-state index in [-0.39, 0.29) is 0 Å². The first-order valence-electron chi connectivity index (χ1n) is 8.55. The summed E-state index contributed by atoms with van der Waals surface area (Å²) in [6, 6.07) is 30.9. The average Bonchev–Trinajstić information content (AvgIpc) is 2.71. The normalized spacial score (nSPS) is 8.92. The lowest BCUT2D eigenvalue weighted by Crippen LogP contribution is -1.73. The van der Waals surface area contributed by atoms with Crippen molar-refractivity contribution < 1.29 is 0 Å². The van der Waals surface area contributed by atoms with Crippen molar-refractivity contribution in [3.8, 4) is 0 Å². The van der Waals surface area contributed by atoms with Crippen molar-refractivity contribution >= 4 is 6.08 Å². The van der Waals surface area contributed by atoms with Gasteiger partial charge in [0.05, 0.1) is 0 Å². The molecule has 0 unspecified atom stereocenters. The first-order chi connectivity index (χ1) is 11.8. The summed E-state index contributed by atoms with van der Waals surface area (Å²) in [6.45, 7) is 7.96. The van der Waals surface area contributed by atoms with Crippen LogP contribution in [0.4, 0.5) is 0 Å². The van der Waals surface area contributed by atoms with Crippen LogP contribution in [0.5, 0.6) is 0 Å². The molecule has 0 aromatic heterocycles. The van der Waals surface area contributed by atoms with Gasteiger partial charge < -0.3 is 0 Å². The van der Waals surface area contributed by atoms with E-state index in [9.17, 15) is 0 Å². The van der Waals surface area contributed by atoms with Gasteiger partial charge in [-0.15, -0.1) is 0 Å². The van der Waals surface area contributed by atoms with Crippen molar-refractivity contribution in [3.63, 3.8) is 0 Å². The second-order valence-corrected chi connectivity index (χ2v) is 5.29. The van der Waals surface area contributed by atoms with Crippen LogP contribution in [-0.2, 0) is 12.8 Å². The van der Waals surface area contributed by atoms with E-state index in [1.54, 1.807) is 0 Å². The molecule has 0 saturated heterocycles. The number of rotatable bonds is 3. The van der Waals surface area contributed by atoms with Crippen molar-refractivity contribution in [2.75, 3.05) is 0 Å². The highest BCUT2D eigenvalue weighted by molar-refractivity contribution is 5.45. The minimum atomic E-state index is 1.14. The number of aryl methyl sites for hydroxylation is 2. The van der Waals surface area contributed by atoms with Crippen LogP contribution in [0.1, 0.15) is 30.5 Å². The summed E-state index contributed by atoms with van der Waals surface area (Å²) in [4.78, 5) is 0. The van der Waals surface area contributed by atoms with E-state index in [2.05, 4.69) is 69.0 Å². The summed E-state index contributed by atoms with van der Waals surface area (Å²) in [5.74, 6) is 0. The fraction of sp³-hybridized carbons (Fsp3) is 0.167. The van der Waals surface area contributed by atoms with Crippen LogP contribution in [0, 0.1) is 0 Å². The molecule has 0 fully saturated rings. The van der Waals surface area contributed by atoms with Gasteiger partial charge in [0.2, 0.25) is 0 Å². The van der Waals surface area contributed by atoms with Crippen molar-refractivity contribution in [3.05, 3.63) is 114 Å². The molecular weight excluding hydrogens is 288 g/mol. The Balaban J connectivity index is 0.000000180. The molecule has 3 aromatic carbocycles. The lowest BCUT2D eigenvalue weighted by molar-refractivity contribution is 1.14. The third kappa shape index (κ3) is 8.75. The molecule has 0 saturated carbocycles. The van der Waals surface area contributed by atoms with Crippen LogP contribution in [0.25, 0.3) is 6.08 Å². The molecule has 0 N–H and O–H groups in total. The zero-order valence-corrected chi connectivity index (χ0v) is 14.9. The first-order valence-corrected chi connectivity index (χ1v) is 8.55. The molecule has 0 nitrogen and oxygen atoms in total. The third-order valence-electron chi connectivity index (χ3n) is 3.54. The molecule has 24 heavy (non-hydrogen) atoms. The summed E-state index contributed by atoms with van der Waals surface area (Å²) in [5, 5.41) is 0. The van der Waals surface area contributed by atoms with Crippen LogP contribution >= 0.6 is 0 Å². The maximum Gasteiger partial charge on any atom is -0.0263 e. The maximum absolute atomic E-state index is 3.63. The largest absolute Gasteiger partial charge is 0.0985 e. The summed E-state index contributed by atoms with van der Waals surface area (Å²) in [5.41, 5.74) is 3.99. The molecule has 0 aliphatic carbocycles. The highest BCUT2D eigenvalue weighted by atomic mass is 13.9. The van der Waals surface area contributed by atoms with Crippen LogP contribution in [-0.4, -0.2) is 0 Å². The van der Waals surface area contributed by atoms with E-state index in [1.807, 2.05) is 48.5 Å². The quantitative estimate of drug-likeness (QED) is 0.497. The lowest BCUT2D eigenvalue weighted by atomic mass is 10.2. The predicted molar refractivity (Wildman–Crippen MR) is 108 cm³/mol. The maximum atomic E-state index is 3.63. The minimum absolute atomic E-state index is 1.14. The monoisotopic (exact) mass is 316 g/mol. The Labute approximate surface area is 147 Å². The van der Waals surface area contributed by atoms with E-state index in [0.29, 0.717) is 0 Å². The summed E-state index contributed by atoms with van der Waals surface area (Å²) in [7, 11) is 0. The van der Waals surface area contributed by atoms with Gasteiger partial charge in [-0.3, -0.25) is 0 Å². The summed E-state index contributed by atoms with van der Waals surface area (Å²) < 4.78 is 0. The smallest absolute Gasteiger partial charge is 0.0263 e. The van der Waals surface area contributed by atoms with Crippen LogP contribution in [0.15, 0.2) is 97.6 Å². The fourth-order valence-electron chi connectivity index (χ4n) is 2.02. The zero-order valence-electron chi connectivity index (χ0n) is 14.9. The first kappa shape index (κ1) is 19.4. The third-order valence-corrected chi connectivity index (χ3v) is 3.54. The van der Waals surface area contributed by atoms with Crippen molar-refractivity contribution in [1.29, 1.82) is 0 Å². The van der Waals surface area contributed by atoms with E-state index in [1.165, 1.54) is 16.7 Å². The SMILES string of the molecule is C=Cc1ccccc1.CCc1ccccc1.CCc1ccccc1. The standard InChI is InChI=1S/2C8H10.C8H8/c3*1-2-8-6-4-3-5-7-8/h2*3-7H,2H2,1H3;2-7H,1H2. The van der Waals surface area contributed by atoms with E-state index >= 15 is 0 Å². The van der Waals surface area contributed by atoms with E-state index in [4.69, 9.17) is 0 Å². The van der Waals surface area contributed by atoms with Gasteiger partial charge in [-0.25, -0.2) is 0 Å². The Morgan fingerprint density at radius 1 is 0.583 bits per heavy atom. The molecule has 3 rings (SSSR count). The molecule has 0 amide bonds. The van der Waals surface area contributed by atoms with Crippen LogP contribution < -0.4 is 0 Å². The molecule has 124 valence electrons. The van der Waals surface area contributed by atoms with Gasteiger partial charge in [-0.1, -0.05) is 117 Å². The van der Waals surface area contributed by atoms with Gasteiger partial charge in [0.15, 0.2) is 0 Å². The Morgan fingerprint density at radius 2 is 0.917 bits per heavy atom. The van der Waals surface area contributed by atoms with Gasteiger partial charge in [0.25, 0.3) is 0 Å². The van der Waals surface area contributed by atoms with Crippen molar-refractivity contribution in [2.24, 2.45) is 0 Å². The molecule has 0 spiro atoms. The van der Waals surface area contributed by atoms with Crippen molar-refractivity contribution in [1.82, 2.24) is 0 Å². The lowest BCUT2D eigenvalue weighted by Gasteiger charge is -1.89. The minimum Gasteiger partial charge on any atom is -0.0985 e. The molecule has 3 aromatic rings. The Kier molecular flexibility index (Phi) is 10.4. The second-order valence-electron chi connectivity index (χ2n) is 5.29. The van der Waals surface area contributed by atoms with Crippen LogP contribution in [0.3, 0.4) is 0 Å².